The number of sulfone groups is 1. The van der Waals surface area contributed by atoms with Crippen molar-refractivity contribution in [2.75, 3.05) is 19.6 Å². The molecule has 0 aliphatic carbocycles. The summed E-state index contributed by atoms with van der Waals surface area (Å²) in [6, 6.07) is 14.7. The molecule has 1 fully saturated rings. The Kier molecular flexibility index (Phi) is 7.59. The van der Waals surface area contributed by atoms with Crippen LogP contribution in [0.25, 0.3) is 0 Å². The summed E-state index contributed by atoms with van der Waals surface area (Å²) in [5.41, 5.74) is 0.571. The summed E-state index contributed by atoms with van der Waals surface area (Å²) < 4.78 is 25.2. The minimum absolute atomic E-state index is 0. The zero-order valence-electron chi connectivity index (χ0n) is 15.5. The van der Waals surface area contributed by atoms with Crippen molar-refractivity contribution in [3.05, 3.63) is 60.2 Å². The van der Waals surface area contributed by atoms with E-state index in [1.54, 1.807) is 42.5 Å². The Morgan fingerprint density at radius 3 is 2.07 bits per heavy atom. The van der Waals surface area contributed by atoms with Gasteiger partial charge in [0.15, 0.2) is 5.78 Å². The predicted molar refractivity (Wildman–Crippen MR) is 109 cm³/mol. The number of nitrogens with zero attached hydrogens (tertiary/aromatic N) is 1. The van der Waals surface area contributed by atoms with E-state index >= 15 is 0 Å². The third-order valence-corrected chi connectivity index (χ3v) is 6.72. The molecule has 0 radical (unpaired) electrons. The molecule has 2 aromatic rings. The van der Waals surface area contributed by atoms with Gasteiger partial charge in [0.1, 0.15) is 0 Å². The first-order valence-corrected chi connectivity index (χ1v) is 10.6. The first kappa shape index (κ1) is 21.6. The lowest BCUT2D eigenvalue weighted by Crippen LogP contribution is -2.35. The Morgan fingerprint density at radius 2 is 1.48 bits per heavy atom. The van der Waals surface area contributed by atoms with Crippen LogP contribution in [0.2, 0.25) is 0 Å². The zero-order chi connectivity index (χ0) is 18.6. The zero-order valence-corrected chi connectivity index (χ0v) is 17.1. The van der Waals surface area contributed by atoms with Crippen LogP contribution >= 0.6 is 12.4 Å². The standard InChI is InChI=1S/C21H25NO3S.ClH/c1-17(16-22-14-6-3-7-15-22)21(23)18-10-12-20(13-11-18)26(24,25)19-8-4-2-5-9-19;/h2,4-5,8-13,17H,3,6-7,14-16H2,1H3;1H. The van der Waals surface area contributed by atoms with Crippen molar-refractivity contribution < 1.29 is 13.2 Å². The molecule has 0 N–H and O–H groups in total. The highest BCUT2D eigenvalue weighted by atomic mass is 35.5. The Balaban J connectivity index is 0.00000261. The minimum Gasteiger partial charge on any atom is -0.303 e. The molecule has 2 aromatic carbocycles. The summed E-state index contributed by atoms with van der Waals surface area (Å²) in [4.78, 5) is 15.5. The number of benzene rings is 2. The second-order valence-corrected chi connectivity index (χ2v) is 8.92. The van der Waals surface area contributed by atoms with Crippen LogP contribution in [0.5, 0.6) is 0 Å². The van der Waals surface area contributed by atoms with Gasteiger partial charge < -0.3 is 4.90 Å². The van der Waals surface area contributed by atoms with Gasteiger partial charge in [-0.15, -0.1) is 12.4 Å². The van der Waals surface area contributed by atoms with Crippen molar-refractivity contribution in [1.29, 1.82) is 0 Å². The smallest absolute Gasteiger partial charge is 0.206 e. The van der Waals surface area contributed by atoms with Gasteiger partial charge in [-0.25, -0.2) is 8.42 Å². The highest BCUT2D eigenvalue weighted by Gasteiger charge is 2.21. The number of carbonyl (C=O) groups excluding carboxylic acids is 1. The van der Waals surface area contributed by atoms with Gasteiger partial charge in [-0.2, -0.15) is 0 Å². The van der Waals surface area contributed by atoms with E-state index in [1.165, 1.54) is 31.4 Å². The molecule has 3 rings (SSSR count). The summed E-state index contributed by atoms with van der Waals surface area (Å²) >= 11 is 0. The molecule has 0 spiro atoms. The van der Waals surface area contributed by atoms with E-state index in [0.29, 0.717) is 5.56 Å². The maximum absolute atomic E-state index is 12.7. The second-order valence-electron chi connectivity index (χ2n) is 6.97. The number of piperidine rings is 1. The lowest BCUT2D eigenvalue weighted by Gasteiger charge is -2.28. The summed E-state index contributed by atoms with van der Waals surface area (Å²) in [5.74, 6) is -0.0242. The second kappa shape index (κ2) is 9.49. The molecule has 6 heteroatoms. The van der Waals surface area contributed by atoms with Crippen molar-refractivity contribution in [1.82, 2.24) is 4.90 Å². The summed E-state index contributed by atoms with van der Waals surface area (Å²) in [5, 5.41) is 0. The highest BCUT2D eigenvalue weighted by molar-refractivity contribution is 7.91. The number of ketones is 1. The monoisotopic (exact) mass is 407 g/mol. The first-order chi connectivity index (χ1) is 12.5. The van der Waals surface area contributed by atoms with Gasteiger partial charge in [0.2, 0.25) is 9.84 Å². The third-order valence-electron chi connectivity index (χ3n) is 4.93. The molecule has 0 amide bonds. The Hall–Kier alpha value is -1.69. The molecule has 0 bridgehead atoms. The molecule has 1 saturated heterocycles. The minimum atomic E-state index is -3.54. The topological polar surface area (TPSA) is 54.5 Å². The molecule has 1 aliphatic heterocycles. The van der Waals surface area contributed by atoms with E-state index in [1.807, 2.05) is 6.92 Å². The molecule has 4 nitrogen and oxygen atoms in total. The van der Waals surface area contributed by atoms with Gasteiger partial charge in [0.05, 0.1) is 9.79 Å². The van der Waals surface area contributed by atoms with Gasteiger partial charge in [-0.05, 0) is 50.2 Å². The van der Waals surface area contributed by atoms with E-state index in [2.05, 4.69) is 4.90 Å². The maximum Gasteiger partial charge on any atom is 0.206 e. The number of rotatable bonds is 6. The number of hydrogen-bond donors (Lipinski definition) is 0. The molecule has 1 unspecified atom stereocenters. The highest BCUT2D eigenvalue weighted by Crippen LogP contribution is 2.22. The summed E-state index contributed by atoms with van der Waals surface area (Å²) in [7, 11) is -3.54. The van der Waals surface area contributed by atoms with Crippen LogP contribution in [-0.4, -0.2) is 38.7 Å². The van der Waals surface area contributed by atoms with Crippen LogP contribution in [0, 0.1) is 5.92 Å². The van der Waals surface area contributed by atoms with Gasteiger partial charge in [0, 0.05) is 18.0 Å². The van der Waals surface area contributed by atoms with Crippen LogP contribution in [0.3, 0.4) is 0 Å². The number of carbonyl (C=O) groups is 1. The van der Waals surface area contributed by atoms with Crippen LogP contribution in [-0.2, 0) is 9.84 Å². The Morgan fingerprint density at radius 1 is 0.926 bits per heavy atom. The van der Waals surface area contributed by atoms with E-state index in [4.69, 9.17) is 0 Å². The molecule has 1 aliphatic rings. The van der Waals surface area contributed by atoms with Gasteiger partial charge >= 0.3 is 0 Å². The first-order valence-electron chi connectivity index (χ1n) is 9.15. The van der Waals surface area contributed by atoms with E-state index in [0.717, 1.165) is 19.6 Å². The largest absolute Gasteiger partial charge is 0.303 e. The number of hydrogen-bond acceptors (Lipinski definition) is 4. The molecule has 1 atom stereocenters. The van der Waals surface area contributed by atoms with Crippen LogP contribution in [0.4, 0.5) is 0 Å². The third kappa shape index (κ3) is 5.18. The van der Waals surface area contributed by atoms with Crippen molar-refractivity contribution >= 4 is 28.0 Å². The van der Waals surface area contributed by atoms with E-state index in [9.17, 15) is 13.2 Å². The quantitative estimate of drug-likeness (QED) is 0.672. The lowest BCUT2D eigenvalue weighted by molar-refractivity contribution is 0.0883. The molecule has 0 saturated carbocycles. The predicted octanol–water partition coefficient (Wildman–Crippen LogP) is 4.25. The van der Waals surface area contributed by atoms with Crippen molar-refractivity contribution in [2.45, 2.75) is 36.0 Å². The Labute approximate surface area is 167 Å². The molecule has 1 heterocycles. The number of Topliss-reactive ketones (excluding diaryl/α,β-unsaturated/α-hetero) is 1. The SMILES string of the molecule is CC(CN1CCCCC1)C(=O)c1ccc(S(=O)(=O)c2ccccc2)cc1.Cl. The summed E-state index contributed by atoms with van der Waals surface area (Å²) in [6.45, 7) is 4.84. The summed E-state index contributed by atoms with van der Waals surface area (Å²) in [6.07, 6.45) is 3.68. The lowest BCUT2D eigenvalue weighted by atomic mass is 9.98. The molecule has 27 heavy (non-hydrogen) atoms. The normalized spacial score (nSPS) is 16.3. The molecule has 146 valence electrons. The van der Waals surface area contributed by atoms with Gasteiger partial charge in [0.25, 0.3) is 0 Å². The van der Waals surface area contributed by atoms with Crippen molar-refractivity contribution in [3.63, 3.8) is 0 Å². The maximum atomic E-state index is 12.7. The van der Waals surface area contributed by atoms with Gasteiger partial charge in [-0.1, -0.05) is 43.7 Å². The molecule has 0 aromatic heterocycles. The fourth-order valence-corrected chi connectivity index (χ4v) is 4.71. The van der Waals surface area contributed by atoms with Crippen molar-refractivity contribution in [3.8, 4) is 0 Å². The number of halogens is 1. The van der Waals surface area contributed by atoms with Gasteiger partial charge in [-0.3, -0.25) is 4.79 Å². The average Bonchev–Trinajstić information content (AvgIpc) is 2.69. The van der Waals surface area contributed by atoms with Crippen molar-refractivity contribution in [2.24, 2.45) is 5.92 Å². The average molecular weight is 408 g/mol. The fraction of sp³-hybridized carbons (Fsp3) is 0.381. The van der Waals surface area contributed by atoms with Crippen LogP contribution in [0.15, 0.2) is 64.4 Å². The Bertz CT molecular complexity index is 845. The van der Waals surface area contributed by atoms with Crippen LogP contribution < -0.4 is 0 Å². The van der Waals surface area contributed by atoms with E-state index in [-0.39, 0.29) is 33.9 Å². The molecular weight excluding hydrogens is 382 g/mol. The van der Waals surface area contributed by atoms with Crippen LogP contribution in [0.1, 0.15) is 36.5 Å². The number of likely N-dealkylation sites (tertiary alicyclic amines) is 1. The fourth-order valence-electron chi connectivity index (χ4n) is 3.43. The molecular formula is C21H26ClNO3S. The van der Waals surface area contributed by atoms with E-state index < -0.39 is 9.84 Å².